The van der Waals surface area contributed by atoms with Crippen molar-refractivity contribution in [2.45, 2.75) is 52.2 Å². The molecular weight excluding hydrogens is 218 g/mol. The van der Waals surface area contributed by atoms with Gasteiger partial charge in [0.25, 0.3) is 0 Å². The summed E-state index contributed by atoms with van der Waals surface area (Å²) in [6.07, 6.45) is 5.15. The Bertz CT molecular complexity index is 376. The Kier molecular flexibility index (Phi) is 4.69. The van der Waals surface area contributed by atoms with Crippen molar-refractivity contribution in [2.75, 3.05) is 0 Å². The molecule has 0 fully saturated rings. The molecule has 1 aromatic rings. The first-order valence-electron chi connectivity index (χ1n) is 6.01. The summed E-state index contributed by atoms with van der Waals surface area (Å²) in [4.78, 5) is 11.2. The Morgan fingerprint density at radius 2 is 2.29 bits per heavy atom. The fourth-order valence-corrected chi connectivity index (χ4v) is 1.74. The standard InChI is InChI=1S/C12H21N3O2/c1-4-6-12(3,11(16)17)13-7-10-8-14-15(5-2)9-10/h8-9,13H,4-7H2,1-3H3,(H,16,17). The van der Waals surface area contributed by atoms with E-state index in [1.165, 1.54) is 0 Å². The van der Waals surface area contributed by atoms with Crippen LogP contribution in [0.2, 0.25) is 0 Å². The second-order valence-corrected chi connectivity index (χ2v) is 4.45. The zero-order valence-corrected chi connectivity index (χ0v) is 10.7. The zero-order valence-electron chi connectivity index (χ0n) is 10.7. The number of hydrogen-bond donors (Lipinski definition) is 2. The number of aliphatic carboxylic acids is 1. The normalized spacial score (nSPS) is 14.5. The Morgan fingerprint density at radius 1 is 1.59 bits per heavy atom. The van der Waals surface area contributed by atoms with Crippen molar-refractivity contribution in [3.8, 4) is 0 Å². The van der Waals surface area contributed by atoms with E-state index < -0.39 is 11.5 Å². The molecule has 0 bridgehead atoms. The van der Waals surface area contributed by atoms with Crippen molar-refractivity contribution < 1.29 is 9.90 Å². The third-order valence-corrected chi connectivity index (χ3v) is 2.92. The first kappa shape index (κ1) is 13.7. The number of carboxylic acid groups (broad SMARTS) is 1. The molecule has 0 saturated heterocycles. The molecule has 0 aliphatic rings. The predicted molar refractivity (Wildman–Crippen MR) is 65.7 cm³/mol. The second kappa shape index (κ2) is 5.82. The highest BCUT2D eigenvalue weighted by molar-refractivity contribution is 5.78. The highest BCUT2D eigenvalue weighted by Crippen LogP contribution is 2.13. The van der Waals surface area contributed by atoms with Gasteiger partial charge < -0.3 is 5.11 Å². The monoisotopic (exact) mass is 239 g/mol. The van der Waals surface area contributed by atoms with Gasteiger partial charge in [0.1, 0.15) is 5.54 Å². The fraction of sp³-hybridized carbons (Fsp3) is 0.667. The van der Waals surface area contributed by atoms with Gasteiger partial charge in [-0.15, -0.1) is 0 Å². The van der Waals surface area contributed by atoms with E-state index in [0.717, 1.165) is 18.5 Å². The van der Waals surface area contributed by atoms with Gasteiger partial charge in [-0.05, 0) is 20.3 Å². The molecule has 96 valence electrons. The Morgan fingerprint density at radius 3 is 2.76 bits per heavy atom. The molecule has 1 unspecified atom stereocenters. The number of hydrogen-bond acceptors (Lipinski definition) is 3. The maximum atomic E-state index is 11.2. The number of aryl methyl sites for hydroxylation is 1. The van der Waals surface area contributed by atoms with Gasteiger partial charge in [0.2, 0.25) is 0 Å². The van der Waals surface area contributed by atoms with E-state index in [1.807, 2.05) is 24.7 Å². The van der Waals surface area contributed by atoms with Crippen LogP contribution in [0, 0.1) is 0 Å². The minimum atomic E-state index is -0.858. The van der Waals surface area contributed by atoms with Crippen LogP contribution < -0.4 is 5.32 Å². The zero-order chi connectivity index (χ0) is 12.9. The molecule has 0 saturated carbocycles. The summed E-state index contributed by atoms with van der Waals surface area (Å²) < 4.78 is 1.83. The van der Waals surface area contributed by atoms with Crippen LogP contribution in [0.4, 0.5) is 0 Å². The number of rotatable bonds is 7. The van der Waals surface area contributed by atoms with Crippen LogP contribution in [0.25, 0.3) is 0 Å². The topological polar surface area (TPSA) is 67.2 Å². The van der Waals surface area contributed by atoms with Gasteiger partial charge >= 0.3 is 5.97 Å². The first-order valence-corrected chi connectivity index (χ1v) is 6.01. The highest BCUT2D eigenvalue weighted by Gasteiger charge is 2.31. The van der Waals surface area contributed by atoms with Crippen LogP contribution in [0.1, 0.15) is 39.2 Å². The molecule has 1 aromatic heterocycles. The minimum Gasteiger partial charge on any atom is -0.480 e. The molecule has 0 spiro atoms. The van der Waals surface area contributed by atoms with E-state index in [2.05, 4.69) is 10.4 Å². The average molecular weight is 239 g/mol. The lowest BCUT2D eigenvalue weighted by Crippen LogP contribution is -2.48. The summed E-state index contributed by atoms with van der Waals surface area (Å²) in [6.45, 7) is 7.08. The van der Waals surface area contributed by atoms with Gasteiger partial charge in [0, 0.05) is 24.8 Å². The molecule has 17 heavy (non-hydrogen) atoms. The van der Waals surface area contributed by atoms with E-state index >= 15 is 0 Å². The molecule has 5 nitrogen and oxygen atoms in total. The molecule has 1 rings (SSSR count). The molecule has 5 heteroatoms. The van der Waals surface area contributed by atoms with E-state index in [0.29, 0.717) is 13.0 Å². The molecule has 0 aromatic carbocycles. The molecule has 0 aliphatic heterocycles. The van der Waals surface area contributed by atoms with Gasteiger partial charge in [0.15, 0.2) is 0 Å². The van der Waals surface area contributed by atoms with Crippen molar-refractivity contribution in [1.82, 2.24) is 15.1 Å². The highest BCUT2D eigenvalue weighted by atomic mass is 16.4. The van der Waals surface area contributed by atoms with Crippen molar-refractivity contribution >= 4 is 5.97 Å². The molecule has 1 heterocycles. The predicted octanol–water partition coefficient (Wildman–Crippen LogP) is 1.64. The number of aromatic nitrogens is 2. The molecule has 0 amide bonds. The summed E-state index contributed by atoms with van der Waals surface area (Å²) in [5.74, 6) is -0.803. The number of carboxylic acids is 1. The van der Waals surface area contributed by atoms with Crippen molar-refractivity contribution in [2.24, 2.45) is 0 Å². The SMILES string of the molecule is CCCC(C)(NCc1cnn(CC)c1)C(=O)O. The average Bonchev–Trinajstić information content (AvgIpc) is 2.74. The van der Waals surface area contributed by atoms with E-state index in [-0.39, 0.29) is 0 Å². The Balaban J connectivity index is 2.60. The summed E-state index contributed by atoms with van der Waals surface area (Å²) >= 11 is 0. The number of nitrogens with one attached hydrogen (secondary N) is 1. The third kappa shape index (κ3) is 3.56. The van der Waals surface area contributed by atoms with Crippen LogP contribution in [-0.2, 0) is 17.9 Å². The van der Waals surface area contributed by atoms with Gasteiger partial charge in [-0.25, -0.2) is 0 Å². The fourth-order valence-electron chi connectivity index (χ4n) is 1.74. The van der Waals surface area contributed by atoms with Gasteiger partial charge in [-0.2, -0.15) is 5.10 Å². The maximum absolute atomic E-state index is 11.2. The molecule has 0 aliphatic carbocycles. The van der Waals surface area contributed by atoms with Gasteiger partial charge in [0.05, 0.1) is 6.20 Å². The van der Waals surface area contributed by atoms with Crippen LogP contribution in [0.5, 0.6) is 0 Å². The lowest BCUT2D eigenvalue weighted by Gasteiger charge is -2.25. The van der Waals surface area contributed by atoms with E-state index in [1.54, 1.807) is 13.1 Å². The largest absolute Gasteiger partial charge is 0.480 e. The lowest BCUT2D eigenvalue weighted by molar-refractivity contribution is -0.144. The first-order chi connectivity index (χ1) is 8.01. The summed E-state index contributed by atoms with van der Waals surface area (Å²) in [6, 6.07) is 0. The van der Waals surface area contributed by atoms with Crippen LogP contribution in [-0.4, -0.2) is 26.4 Å². The van der Waals surface area contributed by atoms with Gasteiger partial charge in [-0.1, -0.05) is 13.3 Å². The summed E-state index contributed by atoms with van der Waals surface area (Å²) in [7, 11) is 0. The molecular formula is C12H21N3O2. The maximum Gasteiger partial charge on any atom is 0.323 e. The molecule has 0 radical (unpaired) electrons. The van der Waals surface area contributed by atoms with Crippen molar-refractivity contribution in [1.29, 1.82) is 0 Å². The Labute approximate surface area is 102 Å². The van der Waals surface area contributed by atoms with Crippen molar-refractivity contribution in [3.63, 3.8) is 0 Å². The smallest absolute Gasteiger partial charge is 0.323 e. The number of nitrogens with zero attached hydrogens (tertiary/aromatic N) is 2. The van der Waals surface area contributed by atoms with Crippen LogP contribution in [0.15, 0.2) is 12.4 Å². The Hall–Kier alpha value is -1.36. The minimum absolute atomic E-state index is 0.531. The quantitative estimate of drug-likeness (QED) is 0.759. The number of carbonyl (C=O) groups is 1. The van der Waals surface area contributed by atoms with Gasteiger partial charge in [-0.3, -0.25) is 14.8 Å². The van der Waals surface area contributed by atoms with Crippen molar-refractivity contribution in [3.05, 3.63) is 18.0 Å². The van der Waals surface area contributed by atoms with E-state index in [4.69, 9.17) is 0 Å². The summed E-state index contributed by atoms with van der Waals surface area (Å²) in [5.41, 5.74) is 0.152. The third-order valence-electron chi connectivity index (χ3n) is 2.92. The lowest BCUT2D eigenvalue weighted by atomic mass is 9.96. The second-order valence-electron chi connectivity index (χ2n) is 4.45. The van der Waals surface area contributed by atoms with Crippen LogP contribution in [0.3, 0.4) is 0 Å². The molecule has 1 atom stereocenters. The van der Waals surface area contributed by atoms with E-state index in [9.17, 15) is 9.90 Å². The van der Waals surface area contributed by atoms with Crippen LogP contribution >= 0.6 is 0 Å². The molecule has 2 N–H and O–H groups in total. The summed E-state index contributed by atoms with van der Waals surface area (Å²) in [5, 5.41) is 16.5.